The lowest BCUT2D eigenvalue weighted by Gasteiger charge is -2.42. The van der Waals surface area contributed by atoms with Crippen molar-refractivity contribution in [3.05, 3.63) is 98.5 Å². The number of piperidine rings is 1. The molecule has 0 N–H and O–H groups in total. The molecule has 0 bridgehead atoms. The van der Waals surface area contributed by atoms with Crippen molar-refractivity contribution in [3.8, 4) is 5.75 Å². The first-order valence-corrected chi connectivity index (χ1v) is 13.7. The van der Waals surface area contributed by atoms with E-state index >= 15 is 0 Å². The summed E-state index contributed by atoms with van der Waals surface area (Å²) in [4.78, 5) is 30.2. The average molecular weight is 574 g/mol. The molecule has 8 heteroatoms. The van der Waals surface area contributed by atoms with Crippen molar-refractivity contribution in [1.29, 1.82) is 0 Å². The van der Waals surface area contributed by atoms with Crippen LogP contribution < -0.4 is 4.74 Å². The Hall–Kier alpha value is -2.73. The molecule has 0 spiro atoms. The van der Waals surface area contributed by atoms with Crippen LogP contribution in [0, 0.1) is 12.3 Å². The maximum absolute atomic E-state index is 13.4. The largest absolute Gasteiger partial charge is 0.493 e. The van der Waals surface area contributed by atoms with Gasteiger partial charge in [-0.3, -0.25) is 9.59 Å². The Balaban J connectivity index is 1.49. The molecule has 1 saturated heterocycles. The first-order chi connectivity index (χ1) is 18.2. The Morgan fingerprint density at radius 1 is 0.921 bits per heavy atom. The van der Waals surface area contributed by atoms with Gasteiger partial charge >= 0.3 is 0 Å². The highest BCUT2D eigenvalue weighted by Crippen LogP contribution is 2.38. The van der Waals surface area contributed by atoms with Crippen LogP contribution in [0.15, 0.2) is 66.7 Å². The Kier molecular flexibility index (Phi) is 9.24. The summed E-state index contributed by atoms with van der Waals surface area (Å²) in [5, 5.41) is 1.34. The number of hydrogen-bond donors (Lipinski definition) is 0. The lowest BCUT2D eigenvalue weighted by molar-refractivity contribution is -0.134. The number of carbonyl (C=O) groups is 2. The number of amides is 2. The van der Waals surface area contributed by atoms with E-state index in [4.69, 9.17) is 39.5 Å². The van der Waals surface area contributed by atoms with E-state index in [-0.39, 0.29) is 11.8 Å². The first kappa shape index (κ1) is 28.3. The molecular weight excluding hydrogens is 543 g/mol. The molecule has 0 radical (unpaired) electrons. The zero-order valence-electron chi connectivity index (χ0n) is 21.6. The van der Waals surface area contributed by atoms with Crippen molar-refractivity contribution in [2.24, 2.45) is 5.41 Å². The third-order valence-corrected chi connectivity index (χ3v) is 8.23. The normalized spacial score (nSPS) is 14.7. The van der Waals surface area contributed by atoms with Crippen LogP contribution in [0.1, 0.15) is 40.7 Å². The highest BCUT2D eigenvalue weighted by atomic mass is 35.5. The van der Waals surface area contributed by atoms with Crippen LogP contribution in [-0.4, -0.2) is 48.4 Å². The van der Waals surface area contributed by atoms with E-state index in [1.165, 1.54) is 0 Å². The Labute approximate surface area is 239 Å². The first-order valence-electron chi connectivity index (χ1n) is 12.6. The smallest absolute Gasteiger partial charge is 0.256 e. The van der Waals surface area contributed by atoms with E-state index in [9.17, 15) is 9.59 Å². The summed E-state index contributed by atoms with van der Waals surface area (Å²) in [7, 11) is 1.82. The SMILES string of the molecule is Cc1cc(OCC2(CC(=O)N(C)Cc3ccccc3)CCN(C(=O)c3c(Cl)cccc3Cl)CC2)ccc1Cl. The maximum atomic E-state index is 13.4. The van der Waals surface area contributed by atoms with Gasteiger partial charge in [0, 0.05) is 43.5 Å². The molecule has 2 amide bonds. The number of benzene rings is 3. The maximum Gasteiger partial charge on any atom is 0.256 e. The zero-order chi connectivity index (χ0) is 27.3. The molecular formula is C30H31Cl3N2O3. The predicted molar refractivity (Wildman–Crippen MR) is 153 cm³/mol. The van der Waals surface area contributed by atoms with Gasteiger partial charge in [0.2, 0.25) is 5.91 Å². The van der Waals surface area contributed by atoms with E-state index in [1.807, 2.05) is 62.5 Å². The molecule has 38 heavy (non-hydrogen) atoms. The highest BCUT2D eigenvalue weighted by Gasteiger charge is 2.40. The molecule has 0 unspecified atom stereocenters. The molecule has 0 aliphatic carbocycles. The topological polar surface area (TPSA) is 49.9 Å². The Morgan fingerprint density at radius 2 is 1.58 bits per heavy atom. The molecule has 5 nitrogen and oxygen atoms in total. The van der Waals surface area contributed by atoms with Gasteiger partial charge < -0.3 is 14.5 Å². The van der Waals surface area contributed by atoms with Gasteiger partial charge in [0.1, 0.15) is 5.75 Å². The van der Waals surface area contributed by atoms with Crippen LogP contribution in [-0.2, 0) is 11.3 Å². The number of hydrogen-bond acceptors (Lipinski definition) is 3. The van der Waals surface area contributed by atoms with Crippen LogP contribution in [0.3, 0.4) is 0 Å². The minimum absolute atomic E-state index is 0.0404. The summed E-state index contributed by atoms with van der Waals surface area (Å²) in [5.74, 6) is 0.548. The molecule has 3 aromatic rings. The number of nitrogens with zero attached hydrogens (tertiary/aromatic N) is 2. The summed E-state index contributed by atoms with van der Waals surface area (Å²) in [6, 6.07) is 20.5. The quantitative estimate of drug-likeness (QED) is 0.284. The van der Waals surface area contributed by atoms with E-state index in [0.717, 1.165) is 11.1 Å². The molecule has 1 aliphatic heterocycles. The van der Waals surface area contributed by atoms with Gasteiger partial charge in [-0.05, 0) is 61.2 Å². The summed E-state index contributed by atoms with van der Waals surface area (Å²) < 4.78 is 6.23. The van der Waals surface area contributed by atoms with E-state index in [2.05, 4.69) is 0 Å². The van der Waals surface area contributed by atoms with Gasteiger partial charge in [0.25, 0.3) is 5.91 Å². The number of ether oxygens (including phenoxy) is 1. The number of carbonyl (C=O) groups excluding carboxylic acids is 2. The van der Waals surface area contributed by atoms with Gasteiger partial charge in [-0.15, -0.1) is 0 Å². The van der Waals surface area contributed by atoms with Crippen molar-refractivity contribution in [2.75, 3.05) is 26.7 Å². The molecule has 1 fully saturated rings. The minimum Gasteiger partial charge on any atom is -0.493 e. The fourth-order valence-corrected chi connectivity index (χ4v) is 5.44. The average Bonchev–Trinajstić information content (AvgIpc) is 2.90. The number of halogens is 3. The number of likely N-dealkylation sites (tertiary alicyclic amines) is 1. The lowest BCUT2D eigenvalue weighted by Crippen LogP contribution is -2.47. The van der Waals surface area contributed by atoms with E-state index < -0.39 is 5.41 Å². The van der Waals surface area contributed by atoms with Crippen molar-refractivity contribution < 1.29 is 14.3 Å². The number of rotatable bonds is 8. The summed E-state index contributed by atoms with van der Waals surface area (Å²) in [5.41, 5.74) is 1.88. The summed E-state index contributed by atoms with van der Waals surface area (Å²) in [6.07, 6.45) is 1.54. The van der Waals surface area contributed by atoms with Crippen molar-refractivity contribution in [1.82, 2.24) is 9.80 Å². The molecule has 0 atom stereocenters. The van der Waals surface area contributed by atoms with Crippen LogP contribution in [0.5, 0.6) is 5.75 Å². The van der Waals surface area contributed by atoms with Crippen molar-refractivity contribution in [2.45, 2.75) is 32.7 Å². The second-order valence-electron chi connectivity index (χ2n) is 10.0. The third-order valence-electron chi connectivity index (χ3n) is 7.18. The predicted octanol–water partition coefficient (Wildman–Crippen LogP) is 7.31. The summed E-state index contributed by atoms with van der Waals surface area (Å²) >= 11 is 18.8. The molecule has 1 aliphatic rings. The van der Waals surface area contributed by atoms with E-state index in [0.29, 0.717) is 71.9 Å². The van der Waals surface area contributed by atoms with Gasteiger partial charge in [0.15, 0.2) is 0 Å². The Bertz CT molecular complexity index is 1270. The monoisotopic (exact) mass is 572 g/mol. The molecule has 3 aromatic carbocycles. The fourth-order valence-electron chi connectivity index (χ4n) is 4.76. The summed E-state index contributed by atoms with van der Waals surface area (Å²) in [6.45, 7) is 3.76. The van der Waals surface area contributed by atoms with Crippen molar-refractivity contribution in [3.63, 3.8) is 0 Å². The van der Waals surface area contributed by atoms with Gasteiger partial charge in [-0.1, -0.05) is 71.2 Å². The second-order valence-corrected chi connectivity index (χ2v) is 11.2. The van der Waals surface area contributed by atoms with Crippen molar-refractivity contribution >= 4 is 46.6 Å². The fraction of sp³-hybridized carbons (Fsp3) is 0.333. The van der Waals surface area contributed by atoms with Crippen LogP contribution in [0.4, 0.5) is 0 Å². The standard InChI is InChI=1S/C30H31Cl3N2O3/c1-21-17-23(11-12-24(21)31)38-20-30(18-27(36)34(2)19-22-7-4-3-5-8-22)13-15-35(16-14-30)29(37)28-25(32)9-6-10-26(28)33/h3-12,17H,13-16,18-20H2,1-2H3. The van der Waals surface area contributed by atoms with Gasteiger partial charge in [-0.25, -0.2) is 0 Å². The molecule has 1 heterocycles. The van der Waals surface area contributed by atoms with Crippen LogP contribution >= 0.6 is 34.8 Å². The van der Waals surface area contributed by atoms with E-state index in [1.54, 1.807) is 28.0 Å². The zero-order valence-corrected chi connectivity index (χ0v) is 23.8. The molecule has 4 rings (SSSR count). The second kappa shape index (κ2) is 12.4. The molecule has 200 valence electrons. The lowest BCUT2D eigenvalue weighted by atomic mass is 9.75. The minimum atomic E-state index is -0.434. The van der Waals surface area contributed by atoms with Gasteiger partial charge in [0.05, 0.1) is 22.2 Å². The molecule has 0 aromatic heterocycles. The molecule has 0 saturated carbocycles. The Morgan fingerprint density at radius 3 is 2.21 bits per heavy atom. The van der Waals surface area contributed by atoms with Crippen LogP contribution in [0.25, 0.3) is 0 Å². The van der Waals surface area contributed by atoms with Gasteiger partial charge in [-0.2, -0.15) is 0 Å². The number of aryl methyl sites for hydroxylation is 1. The van der Waals surface area contributed by atoms with Crippen LogP contribution in [0.2, 0.25) is 15.1 Å². The highest BCUT2D eigenvalue weighted by molar-refractivity contribution is 6.39. The third kappa shape index (κ3) is 6.82.